The molecule has 1 aliphatic rings. The molecule has 0 spiro atoms. The summed E-state index contributed by atoms with van der Waals surface area (Å²) in [4.78, 5) is 25.8. The highest BCUT2D eigenvalue weighted by Crippen LogP contribution is 2.27. The summed E-state index contributed by atoms with van der Waals surface area (Å²) in [5.74, 6) is -4.60. The number of carbonyl (C=O) groups is 1. The van der Waals surface area contributed by atoms with Crippen molar-refractivity contribution in [2.24, 2.45) is 0 Å². The number of nitrogens with one attached hydrogen (secondary N) is 1. The van der Waals surface area contributed by atoms with E-state index in [4.69, 9.17) is 4.74 Å². The Morgan fingerprint density at radius 2 is 1.97 bits per heavy atom. The molecule has 0 aromatic heterocycles. The van der Waals surface area contributed by atoms with Gasteiger partial charge < -0.3 is 15.0 Å². The molecule has 1 N–H and O–H groups in total. The summed E-state index contributed by atoms with van der Waals surface area (Å²) < 4.78 is 55.9. The van der Waals surface area contributed by atoms with E-state index in [1.807, 2.05) is 0 Å². The second-order valence-electron chi connectivity index (χ2n) is 6.54. The second kappa shape index (κ2) is 9.83. The summed E-state index contributed by atoms with van der Waals surface area (Å²) in [7, 11) is 1.49. The minimum Gasteiger partial charge on any atom is -0.383 e. The molecular weight excluding hydrogens is 400 g/mol. The van der Waals surface area contributed by atoms with Crippen LogP contribution >= 0.6 is 0 Å². The summed E-state index contributed by atoms with van der Waals surface area (Å²) in [6.45, 7) is -0.276. The first-order chi connectivity index (χ1) is 13.7. The topological polar surface area (TPSA) is 88.0 Å². The van der Waals surface area contributed by atoms with E-state index in [9.17, 15) is 32.5 Å². The molecule has 12 heteroatoms. The van der Waals surface area contributed by atoms with Crippen LogP contribution in [0.5, 0.6) is 0 Å². The van der Waals surface area contributed by atoms with Gasteiger partial charge in [-0.15, -0.1) is 0 Å². The van der Waals surface area contributed by atoms with E-state index in [1.165, 1.54) is 29.0 Å². The summed E-state index contributed by atoms with van der Waals surface area (Å²) in [5.41, 5.74) is 0.0465. The number of carbonyl (C=O) groups excluding carboxylic acids is 1. The fourth-order valence-corrected chi connectivity index (χ4v) is 2.91. The number of ether oxygens (including phenoxy) is 1. The Morgan fingerprint density at radius 3 is 2.52 bits per heavy atom. The molecule has 0 saturated carbocycles. The maximum Gasteiger partial charge on any atom is 0.319 e. The number of hydrogen-bond donors (Lipinski definition) is 1. The number of nitro groups is 1. The average Bonchev–Trinajstić information content (AvgIpc) is 2.68. The Bertz CT molecular complexity index is 727. The highest BCUT2D eigenvalue weighted by atomic mass is 19.3. The van der Waals surface area contributed by atoms with Gasteiger partial charge in [-0.2, -0.15) is 8.78 Å². The Hall–Kier alpha value is -2.47. The van der Waals surface area contributed by atoms with Gasteiger partial charge in [-0.05, 0) is 12.1 Å². The summed E-state index contributed by atoms with van der Waals surface area (Å²) in [6, 6.07) is 4.00. The molecule has 0 atom stereocenters. The first kappa shape index (κ1) is 22.8. The van der Waals surface area contributed by atoms with Crippen LogP contribution < -0.4 is 5.32 Å². The predicted molar refractivity (Wildman–Crippen MR) is 96.8 cm³/mol. The molecule has 1 fully saturated rings. The minimum absolute atomic E-state index is 0.00675. The molecule has 0 unspecified atom stereocenters. The first-order valence-electron chi connectivity index (χ1n) is 8.84. The molecule has 1 heterocycles. The molecule has 0 aliphatic carbocycles. The standard InChI is InChI=1S/C17H22F4N4O4/c1-29-9-4-22-13-3-2-12(10-14(13)25(27)28)15(26)24-7-5-23(6-8-24)11-17(20,21)16(18)19/h2-3,10,16,22H,4-9,11H2,1H3. The van der Waals surface area contributed by atoms with E-state index in [0.717, 1.165) is 6.07 Å². The average molecular weight is 422 g/mol. The monoisotopic (exact) mass is 422 g/mol. The predicted octanol–water partition coefficient (Wildman–Crippen LogP) is 2.31. The Kier molecular flexibility index (Phi) is 7.73. The van der Waals surface area contributed by atoms with Crippen LogP contribution in [-0.4, -0.2) is 86.0 Å². The van der Waals surface area contributed by atoms with Crippen LogP contribution in [0.4, 0.5) is 28.9 Å². The number of methoxy groups -OCH3 is 1. The van der Waals surface area contributed by atoms with Crippen molar-refractivity contribution in [3.63, 3.8) is 0 Å². The molecule has 8 nitrogen and oxygen atoms in total. The van der Waals surface area contributed by atoms with Crippen molar-refractivity contribution in [2.75, 3.05) is 58.3 Å². The molecule has 2 rings (SSSR count). The van der Waals surface area contributed by atoms with Crippen molar-refractivity contribution < 1.29 is 32.0 Å². The number of amides is 1. The Morgan fingerprint density at radius 1 is 1.31 bits per heavy atom. The maximum absolute atomic E-state index is 13.2. The third-order valence-electron chi connectivity index (χ3n) is 4.48. The van der Waals surface area contributed by atoms with Crippen LogP contribution in [0.25, 0.3) is 0 Å². The molecule has 1 aromatic rings. The zero-order chi connectivity index (χ0) is 21.6. The second-order valence-corrected chi connectivity index (χ2v) is 6.54. The maximum atomic E-state index is 13.2. The number of nitrogens with zero attached hydrogens (tertiary/aromatic N) is 3. The van der Waals surface area contributed by atoms with Gasteiger partial charge in [0.05, 0.1) is 18.1 Å². The number of alkyl halides is 4. The van der Waals surface area contributed by atoms with Gasteiger partial charge in [0, 0.05) is 51.5 Å². The van der Waals surface area contributed by atoms with Crippen molar-refractivity contribution >= 4 is 17.3 Å². The van der Waals surface area contributed by atoms with Crippen LogP contribution in [0.3, 0.4) is 0 Å². The number of anilines is 1. The van der Waals surface area contributed by atoms with Gasteiger partial charge >= 0.3 is 12.3 Å². The lowest BCUT2D eigenvalue weighted by Crippen LogP contribution is -2.52. The third kappa shape index (κ3) is 6.00. The van der Waals surface area contributed by atoms with E-state index in [-0.39, 0.29) is 43.1 Å². The molecule has 29 heavy (non-hydrogen) atoms. The lowest BCUT2D eigenvalue weighted by Gasteiger charge is -2.36. The van der Waals surface area contributed by atoms with Crippen LogP contribution in [0.1, 0.15) is 10.4 Å². The third-order valence-corrected chi connectivity index (χ3v) is 4.48. The zero-order valence-corrected chi connectivity index (χ0v) is 15.7. The summed E-state index contributed by atoms with van der Waals surface area (Å²) in [5, 5.41) is 14.2. The van der Waals surface area contributed by atoms with E-state index in [1.54, 1.807) is 0 Å². The van der Waals surface area contributed by atoms with Crippen LogP contribution in [0.15, 0.2) is 18.2 Å². The molecule has 162 valence electrons. The molecular formula is C17H22F4N4O4. The van der Waals surface area contributed by atoms with Crippen molar-refractivity contribution in [3.05, 3.63) is 33.9 Å². The molecule has 0 radical (unpaired) electrons. The van der Waals surface area contributed by atoms with Gasteiger partial charge in [0.15, 0.2) is 0 Å². The van der Waals surface area contributed by atoms with Crippen molar-refractivity contribution in [1.82, 2.24) is 9.80 Å². The SMILES string of the molecule is COCCNc1ccc(C(=O)N2CCN(CC(F)(F)C(F)F)CC2)cc1[N+](=O)[O-]. The number of halogens is 4. The number of hydrogen-bond acceptors (Lipinski definition) is 6. The van der Waals surface area contributed by atoms with Crippen LogP contribution in [0, 0.1) is 10.1 Å². The van der Waals surface area contributed by atoms with Gasteiger partial charge in [0.2, 0.25) is 0 Å². The van der Waals surface area contributed by atoms with Gasteiger partial charge in [0.1, 0.15) is 5.69 Å². The van der Waals surface area contributed by atoms with Crippen molar-refractivity contribution in [2.45, 2.75) is 12.3 Å². The van der Waals surface area contributed by atoms with E-state index in [0.29, 0.717) is 13.2 Å². The Labute approximate surface area is 164 Å². The van der Waals surface area contributed by atoms with Gasteiger partial charge in [-0.25, -0.2) is 8.78 Å². The molecule has 1 aliphatic heterocycles. The molecule has 1 aromatic carbocycles. The van der Waals surface area contributed by atoms with E-state index >= 15 is 0 Å². The highest BCUT2D eigenvalue weighted by molar-refractivity contribution is 5.95. The quantitative estimate of drug-likeness (QED) is 0.284. The summed E-state index contributed by atoms with van der Waals surface area (Å²) in [6.07, 6.45) is -3.75. The van der Waals surface area contributed by atoms with Crippen molar-refractivity contribution in [1.29, 1.82) is 0 Å². The molecule has 1 amide bonds. The lowest BCUT2D eigenvalue weighted by molar-refractivity contribution is -0.384. The molecule has 1 saturated heterocycles. The number of nitro benzene ring substituents is 1. The normalized spacial score (nSPS) is 15.6. The zero-order valence-electron chi connectivity index (χ0n) is 15.7. The fraction of sp³-hybridized carbons (Fsp3) is 0.588. The number of piperazine rings is 1. The van der Waals surface area contributed by atoms with Crippen molar-refractivity contribution in [3.8, 4) is 0 Å². The minimum atomic E-state index is -4.11. The fourth-order valence-electron chi connectivity index (χ4n) is 2.91. The van der Waals surface area contributed by atoms with E-state index in [2.05, 4.69) is 5.32 Å². The highest BCUT2D eigenvalue weighted by Gasteiger charge is 2.42. The van der Waals surface area contributed by atoms with Gasteiger partial charge in [-0.1, -0.05) is 0 Å². The smallest absolute Gasteiger partial charge is 0.319 e. The van der Waals surface area contributed by atoms with Crippen LogP contribution in [-0.2, 0) is 4.74 Å². The first-order valence-corrected chi connectivity index (χ1v) is 8.84. The number of benzene rings is 1. The largest absolute Gasteiger partial charge is 0.383 e. The summed E-state index contributed by atoms with van der Waals surface area (Å²) >= 11 is 0. The van der Waals surface area contributed by atoms with Crippen LogP contribution in [0.2, 0.25) is 0 Å². The van der Waals surface area contributed by atoms with Gasteiger partial charge in [0.25, 0.3) is 11.6 Å². The van der Waals surface area contributed by atoms with E-state index < -0.39 is 29.7 Å². The Balaban J connectivity index is 2.02. The number of rotatable bonds is 9. The lowest BCUT2D eigenvalue weighted by atomic mass is 10.1. The molecule has 0 bridgehead atoms. The van der Waals surface area contributed by atoms with Gasteiger partial charge in [-0.3, -0.25) is 19.8 Å².